The number of benzene rings is 1. The van der Waals surface area contributed by atoms with Gasteiger partial charge >= 0.3 is 12.1 Å². The summed E-state index contributed by atoms with van der Waals surface area (Å²) in [6.07, 6.45) is 5.91. The monoisotopic (exact) mass is 245 g/mol. The standard InChI is InChI=1S/C13H11NO4/c1-3-5-18-13(17)14-11-7-9(4-2)6-10(8-11)12(15)16/h2-3,6-8H,1,5H2,(H,14,17)(H,15,16). The lowest BCUT2D eigenvalue weighted by atomic mass is 10.1. The van der Waals surface area contributed by atoms with Gasteiger partial charge in [-0.25, -0.2) is 9.59 Å². The number of nitrogens with one attached hydrogen (secondary N) is 1. The average Bonchev–Trinajstić information content (AvgIpc) is 2.35. The Morgan fingerprint density at radius 1 is 1.50 bits per heavy atom. The second-order valence-corrected chi connectivity index (χ2v) is 3.26. The maximum atomic E-state index is 11.3. The summed E-state index contributed by atoms with van der Waals surface area (Å²) in [5.74, 6) is 1.18. The summed E-state index contributed by atoms with van der Waals surface area (Å²) in [6, 6.07) is 4.10. The lowest BCUT2D eigenvalue weighted by Crippen LogP contribution is -2.14. The predicted molar refractivity (Wildman–Crippen MR) is 66.5 cm³/mol. The minimum absolute atomic E-state index is 0.00975. The number of aromatic carboxylic acids is 1. The van der Waals surface area contributed by atoms with E-state index < -0.39 is 12.1 Å². The van der Waals surface area contributed by atoms with Crippen LogP contribution in [0.5, 0.6) is 0 Å². The van der Waals surface area contributed by atoms with Crippen molar-refractivity contribution in [1.82, 2.24) is 0 Å². The minimum Gasteiger partial charge on any atom is -0.478 e. The highest BCUT2D eigenvalue weighted by molar-refractivity contribution is 5.92. The molecule has 0 aromatic heterocycles. The molecule has 0 aliphatic heterocycles. The number of rotatable bonds is 4. The minimum atomic E-state index is -1.13. The predicted octanol–water partition coefficient (Wildman–Crippen LogP) is 2.10. The van der Waals surface area contributed by atoms with E-state index in [1.165, 1.54) is 24.3 Å². The molecule has 1 aromatic carbocycles. The van der Waals surface area contributed by atoms with Crippen molar-refractivity contribution in [1.29, 1.82) is 0 Å². The zero-order valence-corrected chi connectivity index (χ0v) is 9.47. The molecule has 0 saturated heterocycles. The van der Waals surface area contributed by atoms with Gasteiger partial charge in [0.05, 0.1) is 5.56 Å². The molecule has 1 amide bonds. The molecule has 5 heteroatoms. The smallest absolute Gasteiger partial charge is 0.411 e. The molecule has 0 saturated carbocycles. The van der Waals surface area contributed by atoms with Gasteiger partial charge in [-0.15, -0.1) is 6.42 Å². The lowest BCUT2D eigenvalue weighted by molar-refractivity contribution is 0.0696. The van der Waals surface area contributed by atoms with Crippen molar-refractivity contribution in [2.75, 3.05) is 11.9 Å². The fourth-order valence-electron chi connectivity index (χ4n) is 1.20. The van der Waals surface area contributed by atoms with Gasteiger partial charge in [0.25, 0.3) is 0 Å². The number of amides is 1. The summed E-state index contributed by atoms with van der Waals surface area (Å²) in [6.45, 7) is 3.46. The summed E-state index contributed by atoms with van der Waals surface area (Å²) in [5.41, 5.74) is 0.607. The first-order chi connectivity index (χ1) is 8.56. The van der Waals surface area contributed by atoms with Crippen molar-refractivity contribution >= 4 is 17.7 Å². The Hall–Kier alpha value is -2.74. The van der Waals surface area contributed by atoms with E-state index in [1.54, 1.807) is 0 Å². The van der Waals surface area contributed by atoms with Crippen molar-refractivity contribution in [3.05, 3.63) is 42.0 Å². The third kappa shape index (κ3) is 3.68. The van der Waals surface area contributed by atoms with Crippen LogP contribution in [-0.2, 0) is 4.74 Å². The Balaban J connectivity index is 2.92. The molecule has 5 nitrogen and oxygen atoms in total. The van der Waals surface area contributed by atoms with Gasteiger partial charge in [0, 0.05) is 11.3 Å². The number of ether oxygens (including phenoxy) is 1. The molecule has 0 unspecified atom stereocenters. The Morgan fingerprint density at radius 3 is 2.78 bits per heavy atom. The zero-order valence-electron chi connectivity index (χ0n) is 9.47. The van der Waals surface area contributed by atoms with Crippen molar-refractivity contribution in [2.45, 2.75) is 0 Å². The Labute approximate surface area is 104 Å². The number of hydrogen-bond acceptors (Lipinski definition) is 3. The van der Waals surface area contributed by atoms with Crippen molar-refractivity contribution < 1.29 is 19.4 Å². The van der Waals surface area contributed by atoms with Crippen molar-refractivity contribution in [3.8, 4) is 12.3 Å². The fourth-order valence-corrected chi connectivity index (χ4v) is 1.20. The molecule has 92 valence electrons. The molecule has 0 atom stereocenters. The number of carbonyl (C=O) groups is 2. The summed E-state index contributed by atoms with van der Waals surface area (Å²) in [4.78, 5) is 22.1. The molecule has 1 rings (SSSR count). The molecule has 1 aromatic rings. The summed E-state index contributed by atoms with van der Waals surface area (Å²) >= 11 is 0. The first-order valence-corrected chi connectivity index (χ1v) is 4.96. The number of carbonyl (C=O) groups excluding carboxylic acids is 1. The summed E-state index contributed by atoms with van der Waals surface area (Å²) < 4.78 is 4.70. The van der Waals surface area contributed by atoms with Crippen LogP contribution in [0, 0.1) is 12.3 Å². The van der Waals surface area contributed by atoms with Crippen LogP contribution in [0.3, 0.4) is 0 Å². The van der Waals surface area contributed by atoms with Crippen LogP contribution in [0.25, 0.3) is 0 Å². The van der Waals surface area contributed by atoms with Crippen LogP contribution in [0.2, 0.25) is 0 Å². The summed E-state index contributed by atoms with van der Waals surface area (Å²) in [7, 11) is 0. The molecule has 0 aliphatic carbocycles. The highest BCUT2D eigenvalue weighted by atomic mass is 16.5. The highest BCUT2D eigenvalue weighted by Crippen LogP contribution is 2.15. The average molecular weight is 245 g/mol. The van der Waals surface area contributed by atoms with E-state index >= 15 is 0 Å². The molecule has 2 N–H and O–H groups in total. The maximum absolute atomic E-state index is 11.3. The molecule has 0 spiro atoms. The normalized spacial score (nSPS) is 9.06. The number of hydrogen-bond donors (Lipinski definition) is 2. The molecular formula is C13H11NO4. The zero-order chi connectivity index (χ0) is 13.5. The van der Waals surface area contributed by atoms with E-state index in [0.717, 1.165) is 0 Å². The molecule has 0 radical (unpaired) electrons. The quantitative estimate of drug-likeness (QED) is 0.629. The molecule has 0 bridgehead atoms. The maximum Gasteiger partial charge on any atom is 0.411 e. The van der Waals surface area contributed by atoms with Crippen LogP contribution in [0.1, 0.15) is 15.9 Å². The second-order valence-electron chi connectivity index (χ2n) is 3.26. The van der Waals surface area contributed by atoms with E-state index in [-0.39, 0.29) is 17.9 Å². The van der Waals surface area contributed by atoms with E-state index in [9.17, 15) is 9.59 Å². The van der Waals surface area contributed by atoms with E-state index in [1.807, 2.05) is 0 Å². The third-order valence-corrected chi connectivity index (χ3v) is 1.93. The van der Waals surface area contributed by atoms with E-state index in [0.29, 0.717) is 5.56 Å². The second kappa shape index (κ2) is 6.11. The largest absolute Gasteiger partial charge is 0.478 e. The highest BCUT2D eigenvalue weighted by Gasteiger charge is 2.08. The Bertz CT molecular complexity index is 528. The van der Waals surface area contributed by atoms with Gasteiger partial charge in [0.2, 0.25) is 0 Å². The van der Waals surface area contributed by atoms with Crippen LogP contribution < -0.4 is 5.32 Å². The van der Waals surface area contributed by atoms with Gasteiger partial charge in [-0.2, -0.15) is 0 Å². The van der Waals surface area contributed by atoms with Gasteiger partial charge < -0.3 is 9.84 Å². The number of carboxylic acids is 1. The van der Waals surface area contributed by atoms with Crippen molar-refractivity contribution in [3.63, 3.8) is 0 Å². The number of carboxylic acid groups (broad SMARTS) is 1. The van der Waals surface area contributed by atoms with Gasteiger partial charge in [-0.3, -0.25) is 5.32 Å². The fraction of sp³-hybridized carbons (Fsp3) is 0.0769. The Kier molecular flexibility index (Phi) is 4.52. The van der Waals surface area contributed by atoms with Gasteiger partial charge in [-0.05, 0) is 18.2 Å². The lowest BCUT2D eigenvalue weighted by Gasteiger charge is -2.07. The summed E-state index contributed by atoms with van der Waals surface area (Å²) in [5, 5.41) is 11.3. The van der Waals surface area contributed by atoms with Crippen LogP contribution in [0.15, 0.2) is 30.9 Å². The van der Waals surface area contributed by atoms with Gasteiger partial charge in [0.1, 0.15) is 6.61 Å². The number of terminal acetylenes is 1. The van der Waals surface area contributed by atoms with E-state index in [2.05, 4.69) is 17.8 Å². The van der Waals surface area contributed by atoms with Crippen LogP contribution >= 0.6 is 0 Å². The molecular weight excluding hydrogens is 234 g/mol. The van der Waals surface area contributed by atoms with E-state index in [4.69, 9.17) is 16.3 Å². The Morgan fingerprint density at radius 2 is 2.22 bits per heavy atom. The topological polar surface area (TPSA) is 75.6 Å². The first kappa shape index (κ1) is 13.3. The molecule has 0 aliphatic rings. The van der Waals surface area contributed by atoms with Gasteiger partial charge in [0.15, 0.2) is 0 Å². The molecule has 0 heterocycles. The molecule has 0 fully saturated rings. The van der Waals surface area contributed by atoms with Crippen molar-refractivity contribution in [2.24, 2.45) is 0 Å². The van der Waals surface area contributed by atoms with Crippen LogP contribution in [-0.4, -0.2) is 23.8 Å². The first-order valence-electron chi connectivity index (χ1n) is 4.96. The number of anilines is 1. The molecule has 18 heavy (non-hydrogen) atoms. The van der Waals surface area contributed by atoms with Gasteiger partial charge in [-0.1, -0.05) is 18.6 Å². The SMILES string of the molecule is C#Cc1cc(NC(=O)OCC=C)cc(C(=O)O)c1. The third-order valence-electron chi connectivity index (χ3n) is 1.93. The van der Waals surface area contributed by atoms with Crippen LogP contribution in [0.4, 0.5) is 10.5 Å².